The summed E-state index contributed by atoms with van der Waals surface area (Å²) in [4.78, 5) is 12.7. The van der Waals surface area contributed by atoms with E-state index in [1.54, 1.807) is 12.1 Å². The summed E-state index contributed by atoms with van der Waals surface area (Å²) in [6.07, 6.45) is 6.35. The van der Waals surface area contributed by atoms with Gasteiger partial charge in [-0.3, -0.25) is 4.79 Å². The third kappa shape index (κ3) is 5.82. The molecule has 156 valence electrons. The minimum absolute atomic E-state index is 0.0241. The predicted molar refractivity (Wildman–Crippen MR) is 112 cm³/mol. The van der Waals surface area contributed by atoms with Crippen LogP contribution in [0.3, 0.4) is 0 Å². The van der Waals surface area contributed by atoms with Crippen LogP contribution in [0.15, 0.2) is 36.4 Å². The van der Waals surface area contributed by atoms with Crippen LogP contribution in [-0.2, 0) is 11.2 Å². The maximum atomic E-state index is 12.7. The Hall–Kier alpha value is -1.85. The van der Waals surface area contributed by atoms with E-state index < -0.39 is 0 Å². The summed E-state index contributed by atoms with van der Waals surface area (Å²) in [5, 5.41) is 24.4. The zero-order valence-electron chi connectivity index (χ0n) is 18.1. The molecule has 5 nitrogen and oxygen atoms in total. The van der Waals surface area contributed by atoms with E-state index >= 15 is 0 Å². The molecule has 1 aliphatic heterocycles. The number of nitrogens with zero attached hydrogens (tertiary/aromatic N) is 1. The second-order valence-electron chi connectivity index (χ2n) is 9.57. The second-order valence-corrected chi connectivity index (χ2v) is 9.57. The quantitative estimate of drug-likeness (QED) is 0.636. The molecule has 1 saturated heterocycles. The lowest BCUT2D eigenvalue weighted by atomic mass is 9.79. The largest absolute Gasteiger partial charge is 0.508 e. The number of carbonyl (C=O) groups excluding carboxylic acids is 1. The van der Waals surface area contributed by atoms with Gasteiger partial charge in [0.15, 0.2) is 0 Å². The van der Waals surface area contributed by atoms with Crippen molar-refractivity contribution in [3.8, 4) is 5.75 Å². The summed E-state index contributed by atoms with van der Waals surface area (Å²) < 4.78 is 0. The van der Waals surface area contributed by atoms with Gasteiger partial charge in [0, 0.05) is 17.1 Å². The number of rotatable bonds is 6. The van der Waals surface area contributed by atoms with Crippen molar-refractivity contribution in [2.24, 2.45) is 11.8 Å². The van der Waals surface area contributed by atoms with Gasteiger partial charge in [-0.2, -0.15) is 5.06 Å². The number of nitrogens with one attached hydrogen (secondary N) is 1. The fourth-order valence-corrected chi connectivity index (χ4v) is 4.22. The highest BCUT2D eigenvalue weighted by Crippen LogP contribution is 2.36. The van der Waals surface area contributed by atoms with Gasteiger partial charge in [-0.25, -0.2) is 0 Å². The average molecular weight is 389 g/mol. The highest BCUT2D eigenvalue weighted by atomic mass is 16.5. The van der Waals surface area contributed by atoms with Gasteiger partial charge in [-0.15, -0.1) is 0 Å². The molecular formula is C23H36N2O3. The van der Waals surface area contributed by atoms with E-state index in [0.717, 1.165) is 12.0 Å². The van der Waals surface area contributed by atoms with E-state index in [1.165, 1.54) is 5.06 Å². The van der Waals surface area contributed by atoms with E-state index in [-0.39, 0.29) is 34.7 Å². The molecular weight excluding hydrogens is 352 g/mol. The van der Waals surface area contributed by atoms with E-state index in [9.17, 15) is 15.1 Å². The number of hydroxylamine groups is 2. The van der Waals surface area contributed by atoms with Crippen LogP contribution in [0.25, 0.3) is 0 Å². The molecule has 1 aliphatic rings. The first-order valence-electron chi connectivity index (χ1n) is 10.2. The zero-order chi connectivity index (χ0) is 21.1. The Kier molecular flexibility index (Phi) is 6.94. The number of aromatic hydroxyl groups is 1. The summed E-state index contributed by atoms with van der Waals surface area (Å²) in [6, 6.07) is 7.29. The van der Waals surface area contributed by atoms with Gasteiger partial charge >= 0.3 is 0 Å². The molecule has 0 saturated carbocycles. The van der Waals surface area contributed by atoms with Crippen molar-refractivity contribution in [3.63, 3.8) is 0 Å². The zero-order valence-corrected chi connectivity index (χ0v) is 18.1. The topological polar surface area (TPSA) is 72.8 Å². The van der Waals surface area contributed by atoms with Crippen LogP contribution in [0.4, 0.5) is 0 Å². The number of hydrogen-bond donors (Lipinski definition) is 3. The highest BCUT2D eigenvalue weighted by Gasteiger charge is 2.45. The van der Waals surface area contributed by atoms with E-state index in [4.69, 9.17) is 0 Å². The monoisotopic (exact) mass is 388 g/mol. The van der Waals surface area contributed by atoms with Gasteiger partial charge in [0.1, 0.15) is 5.75 Å². The van der Waals surface area contributed by atoms with Crippen LogP contribution >= 0.6 is 0 Å². The number of allylic oxidation sites excluding steroid dienone is 1. The normalized spacial score (nSPS) is 22.1. The molecule has 0 bridgehead atoms. The molecule has 0 radical (unpaired) electrons. The van der Waals surface area contributed by atoms with Crippen LogP contribution in [-0.4, -0.2) is 38.4 Å². The van der Waals surface area contributed by atoms with Gasteiger partial charge < -0.3 is 15.6 Å². The van der Waals surface area contributed by atoms with E-state index in [0.29, 0.717) is 18.8 Å². The number of carbonyl (C=O) groups is 1. The summed E-state index contributed by atoms with van der Waals surface area (Å²) in [6.45, 7) is 12.0. The van der Waals surface area contributed by atoms with Crippen LogP contribution in [0.1, 0.15) is 59.9 Å². The minimum atomic E-state index is -0.378. The number of benzene rings is 1. The van der Waals surface area contributed by atoms with E-state index in [2.05, 4.69) is 18.3 Å². The summed E-state index contributed by atoms with van der Waals surface area (Å²) in [7, 11) is 0. The number of phenols is 1. The maximum absolute atomic E-state index is 12.7. The Morgan fingerprint density at radius 2 is 1.68 bits per heavy atom. The Morgan fingerprint density at radius 1 is 1.14 bits per heavy atom. The second kappa shape index (κ2) is 8.66. The SMILES string of the molecule is C[C@H](/C=C/[C@H](C)C(=O)NC1CC(C)(C)N(O)C(C)(C)C1)Cc1ccc(O)cc1. The average Bonchev–Trinajstić information content (AvgIpc) is 2.59. The fourth-order valence-electron chi connectivity index (χ4n) is 4.22. The van der Waals surface area contributed by atoms with Crippen molar-refractivity contribution >= 4 is 5.91 Å². The van der Waals surface area contributed by atoms with Crippen LogP contribution in [0, 0.1) is 11.8 Å². The van der Waals surface area contributed by atoms with Crippen molar-refractivity contribution < 1.29 is 15.1 Å². The summed E-state index contributed by atoms with van der Waals surface area (Å²) >= 11 is 0. The molecule has 0 spiro atoms. The Labute approximate surface area is 169 Å². The molecule has 1 heterocycles. The van der Waals surface area contributed by atoms with Crippen LogP contribution < -0.4 is 5.32 Å². The molecule has 0 aliphatic carbocycles. The first kappa shape index (κ1) is 22.4. The fraction of sp³-hybridized carbons (Fsp3) is 0.609. The van der Waals surface area contributed by atoms with Gasteiger partial charge in [0.05, 0.1) is 5.92 Å². The Balaban J connectivity index is 1.89. The lowest BCUT2D eigenvalue weighted by Gasteiger charge is -2.51. The molecule has 0 unspecified atom stereocenters. The van der Waals surface area contributed by atoms with Crippen molar-refractivity contribution in [2.75, 3.05) is 0 Å². The molecule has 2 rings (SSSR count). The number of piperidine rings is 1. The minimum Gasteiger partial charge on any atom is -0.508 e. The molecule has 28 heavy (non-hydrogen) atoms. The highest BCUT2D eigenvalue weighted by molar-refractivity contribution is 5.80. The predicted octanol–water partition coefficient (Wildman–Crippen LogP) is 4.29. The molecule has 1 aromatic rings. The summed E-state index contributed by atoms with van der Waals surface area (Å²) in [5.74, 6) is 0.391. The molecule has 1 fully saturated rings. The van der Waals surface area contributed by atoms with Crippen molar-refractivity contribution in [1.82, 2.24) is 10.4 Å². The Morgan fingerprint density at radius 3 is 2.21 bits per heavy atom. The van der Waals surface area contributed by atoms with Gasteiger partial charge in [0.2, 0.25) is 5.91 Å². The number of hydrogen-bond acceptors (Lipinski definition) is 4. The molecule has 1 aromatic carbocycles. The Bertz CT molecular complexity index is 676. The lowest BCUT2D eigenvalue weighted by Crippen LogP contribution is -2.63. The lowest BCUT2D eigenvalue weighted by molar-refractivity contribution is -0.246. The molecule has 1 amide bonds. The van der Waals surface area contributed by atoms with Gasteiger partial charge in [-0.05, 0) is 70.6 Å². The van der Waals surface area contributed by atoms with Gasteiger partial charge in [-0.1, -0.05) is 38.1 Å². The van der Waals surface area contributed by atoms with Crippen molar-refractivity contribution in [3.05, 3.63) is 42.0 Å². The first-order chi connectivity index (χ1) is 12.9. The van der Waals surface area contributed by atoms with E-state index in [1.807, 2.05) is 52.8 Å². The molecule has 5 heteroatoms. The van der Waals surface area contributed by atoms with Crippen molar-refractivity contribution in [1.29, 1.82) is 0 Å². The smallest absolute Gasteiger partial charge is 0.226 e. The maximum Gasteiger partial charge on any atom is 0.226 e. The third-order valence-electron chi connectivity index (χ3n) is 5.62. The number of amides is 1. The van der Waals surface area contributed by atoms with Crippen molar-refractivity contribution in [2.45, 2.75) is 77.9 Å². The van der Waals surface area contributed by atoms with Crippen LogP contribution in [0.2, 0.25) is 0 Å². The molecule has 3 N–H and O–H groups in total. The molecule has 2 atom stereocenters. The standard InChI is InChI=1S/C23H36N2O3/c1-16(13-18-9-11-20(26)12-10-18)7-8-17(2)21(27)24-19-14-22(3,4)25(28)23(5,6)15-19/h7-12,16-17,19,26,28H,13-15H2,1-6H3,(H,24,27)/b8-7+/t16-,17+/m1/s1. The van der Waals surface area contributed by atoms with Gasteiger partial charge in [0.25, 0.3) is 0 Å². The third-order valence-corrected chi connectivity index (χ3v) is 5.62. The number of phenolic OH excluding ortho intramolecular Hbond substituents is 1. The van der Waals surface area contributed by atoms with Crippen LogP contribution in [0.5, 0.6) is 5.75 Å². The summed E-state index contributed by atoms with van der Waals surface area (Å²) in [5.41, 5.74) is 0.404. The first-order valence-corrected chi connectivity index (χ1v) is 10.2. The molecule has 0 aromatic heterocycles.